The lowest BCUT2D eigenvalue weighted by Crippen LogP contribution is -1.98. The van der Waals surface area contributed by atoms with Crippen LogP contribution in [-0.2, 0) is 6.42 Å². The summed E-state index contributed by atoms with van der Waals surface area (Å²) in [5, 5.41) is 3.69. The van der Waals surface area contributed by atoms with E-state index in [0.717, 1.165) is 18.2 Å². The lowest BCUT2D eigenvalue weighted by Gasteiger charge is -2.02. The Bertz CT molecular complexity index is 255. The summed E-state index contributed by atoms with van der Waals surface area (Å²) in [7, 11) is 0. The molecule has 1 saturated carbocycles. The zero-order valence-electron chi connectivity index (χ0n) is 6.79. The molecule has 0 radical (unpaired) electrons. The first-order chi connectivity index (χ1) is 5.84. The van der Waals surface area contributed by atoms with E-state index >= 15 is 0 Å². The van der Waals surface area contributed by atoms with Gasteiger partial charge in [-0.15, -0.1) is 0 Å². The molecule has 12 heavy (non-hydrogen) atoms. The molecule has 1 aliphatic carbocycles. The van der Waals surface area contributed by atoms with Crippen molar-refractivity contribution in [3.8, 4) is 0 Å². The summed E-state index contributed by atoms with van der Waals surface area (Å²) in [6.45, 7) is 0. The zero-order chi connectivity index (χ0) is 8.39. The lowest BCUT2D eigenvalue weighted by atomic mass is 10.0. The molecule has 1 aliphatic rings. The van der Waals surface area contributed by atoms with Crippen LogP contribution in [0.4, 0.5) is 0 Å². The van der Waals surface area contributed by atoms with Gasteiger partial charge in [-0.1, -0.05) is 12.8 Å². The third-order valence-corrected chi connectivity index (χ3v) is 2.70. The third kappa shape index (κ3) is 1.86. The van der Waals surface area contributed by atoms with E-state index in [4.69, 9.17) is 4.52 Å². The highest BCUT2D eigenvalue weighted by atomic mass is 79.9. The van der Waals surface area contributed by atoms with Crippen molar-refractivity contribution >= 4 is 15.9 Å². The maximum absolute atomic E-state index is 5.02. The molecule has 0 atom stereocenters. The molecule has 0 bridgehead atoms. The van der Waals surface area contributed by atoms with E-state index in [0.29, 0.717) is 4.73 Å². The highest BCUT2D eigenvalue weighted by molar-refractivity contribution is 9.10. The molecule has 0 spiro atoms. The Morgan fingerprint density at radius 3 is 2.75 bits per heavy atom. The first-order valence-electron chi connectivity index (χ1n) is 4.32. The summed E-state index contributed by atoms with van der Waals surface area (Å²) in [6, 6.07) is 0. The molecule has 0 saturated heterocycles. The van der Waals surface area contributed by atoms with E-state index in [9.17, 15) is 0 Å². The van der Waals surface area contributed by atoms with Crippen LogP contribution in [0.15, 0.2) is 9.26 Å². The number of hydrogen-bond donors (Lipinski definition) is 0. The summed E-state index contributed by atoms with van der Waals surface area (Å²) in [6.07, 6.45) is 6.32. The van der Waals surface area contributed by atoms with Crippen molar-refractivity contribution in [2.45, 2.75) is 32.1 Å². The van der Waals surface area contributed by atoms with Gasteiger partial charge in [0.2, 0.25) is 10.6 Å². The smallest absolute Gasteiger partial charge is 0.238 e. The molecule has 0 unspecified atom stereocenters. The van der Waals surface area contributed by atoms with Gasteiger partial charge in [0.05, 0.1) is 0 Å². The Kier molecular flexibility index (Phi) is 2.44. The van der Waals surface area contributed by atoms with Gasteiger partial charge in [-0.3, -0.25) is 0 Å². The summed E-state index contributed by atoms with van der Waals surface area (Å²) in [4.78, 5) is 4.11. The van der Waals surface area contributed by atoms with Gasteiger partial charge in [-0.25, -0.2) is 0 Å². The van der Waals surface area contributed by atoms with Crippen molar-refractivity contribution in [2.75, 3.05) is 0 Å². The molecule has 0 aromatic carbocycles. The Hall–Kier alpha value is -0.380. The Labute approximate surface area is 79.7 Å². The topological polar surface area (TPSA) is 38.9 Å². The van der Waals surface area contributed by atoms with E-state index in [-0.39, 0.29) is 0 Å². The molecular formula is C8H11BrN2O. The summed E-state index contributed by atoms with van der Waals surface area (Å²) in [5.41, 5.74) is 0. The van der Waals surface area contributed by atoms with Crippen molar-refractivity contribution in [3.05, 3.63) is 10.6 Å². The largest absolute Gasteiger partial charge is 0.338 e. The molecule has 3 nitrogen and oxygen atoms in total. The molecule has 66 valence electrons. The van der Waals surface area contributed by atoms with Crippen molar-refractivity contribution in [3.63, 3.8) is 0 Å². The summed E-state index contributed by atoms with van der Waals surface area (Å²) < 4.78 is 5.58. The van der Waals surface area contributed by atoms with Crippen molar-refractivity contribution in [1.82, 2.24) is 10.1 Å². The average molecular weight is 231 g/mol. The fourth-order valence-corrected chi connectivity index (χ4v) is 2.05. The molecule has 0 aliphatic heterocycles. The van der Waals surface area contributed by atoms with Crippen molar-refractivity contribution in [1.29, 1.82) is 0 Å². The first kappa shape index (κ1) is 8.23. The van der Waals surface area contributed by atoms with E-state index in [1.165, 1.54) is 25.7 Å². The number of hydrogen-bond acceptors (Lipinski definition) is 3. The second-order valence-corrected chi connectivity index (χ2v) is 4.02. The zero-order valence-corrected chi connectivity index (χ0v) is 8.38. The van der Waals surface area contributed by atoms with Crippen molar-refractivity contribution in [2.24, 2.45) is 5.92 Å². The van der Waals surface area contributed by atoms with Crippen LogP contribution in [0.1, 0.15) is 31.6 Å². The Morgan fingerprint density at radius 2 is 2.17 bits per heavy atom. The maximum atomic E-state index is 5.02. The average Bonchev–Trinajstić information content (AvgIpc) is 2.63. The minimum atomic E-state index is 0.565. The number of rotatable bonds is 2. The number of halogens is 1. The van der Waals surface area contributed by atoms with E-state index in [1.807, 2.05) is 0 Å². The molecule has 4 heteroatoms. The second-order valence-electron chi connectivity index (χ2n) is 3.31. The predicted molar refractivity (Wildman–Crippen MR) is 47.7 cm³/mol. The van der Waals surface area contributed by atoms with Crippen LogP contribution in [0.2, 0.25) is 0 Å². The van der Waals surface area contributed by atoms with Crippen LogP contribution >= 0.6 is 15.9 Å². The molecule has 0 amide bonds. The van der Waals surface area contributed by atoms with Gasteiger partial charge in [-0.05, 0) is 39.8 Å². The maximum Gasteiger partial charge on any atom is 0.238 e. The molecule has 1 aromatic heterocycles. The Morgan fingerprint density at radius 1 is 1.42 bits per heavy atom. The van der Waals surface area contributed by atoms with Crippen LogP contribution in [-0.4, -0.2) is 10.1 Å². The monoisotopic (exact) mass is 230 g/mol. The Balaban J connectivity index is 1.94. The minimum absolute atomic E-state index is 0.565. The molecular weight excluding hydrogens is 220 g/mol. The van der Waals surface area contributed by atoms with E-state index < -0.39 is 0 Å². The van der Waals surface area contributed by atoms with Crippen LogP contribution in [0.3, 0.4) is 0 Å². The third-order valence-electron chi connectivity index (χ3n) is 2.38. The van der Waals surface area contributed by atoms with Gasteiger partial charge in [0.1, 0.15) is 0 Å². The first-order valence-corrected chi connectivity index (χ1v) is 5.12. The SMILES string of the molecule is Brc1noc(CC2CCCC2)n1. The highest BCUT2D eigenvalue weighted by Gasteiger charge is 2.18. The summed E-state index contributed by atoms with van der Waals surface area (Å²) >= 11 is 3.17. The molecule has 1 aromatic rings. The molecule has 2 rings (SSSR count). The second kappa shape index (κ2) is 3.56. The minimum Gasteiger partial charge on any atom is -0.338 e. The molecule has 0 N–H and O–H groups in total. The predicted octanol–water partition coefficient (Wildman–Crippen LogP) is 2.56. The normalized spacial score (nSPS) is 18.8. The number of nitrogens with zero attached hydrogens (tertiary/aromatic N) is 2. The number of aromatic nitrogens is 2. The van der Waals surface area contributed by atoms with E-state index in [2.05, 4.69) is 26.1 Å². The van der Waals surface area contributed by atoms with E-state index in [1.54, 1.807) is 0 Å². The highest BCUT2D eigenvalue weighted by Crippen LogP contribution is 2.27. The fourth-order valence-electron chi connectivity index (χ4n) is 1.78. The van der Waals surface area contributed by atoms with Crippen LogP contribution in [0, 0.1) is 5.92 Å². The van der Waals surface area contributed by atoms with Crippen LogP contribution in [0.25, 0.3) is 0 Å². The van der Waals surface area contributed by atoms with Gasteiger partial charge >= 0.3 is 0 Å². The summed E-state index contributed by atoms with van der Waals surface area (Å²) in [5.74, 6) is 1.55. The fraction of sp³-hybridized carbons (Fsp3) is 0.750. The van der Waals surface area contributed by atoms with Crippen molar-refractivity contribution < 1.29 is 4.52 Å². The lowest BCUT2D eigenvalue weighted by molar-refractivity contribution is 0.351. The van der Waals surface area contributed by atoms with Gasteiger partial charge in [0.15, 0.2) is 0 Å². The standard InChI is InChI=1S/C8H11BrN2O/c9-8-10-7(12-11-8)5-6-3-1-2-4-6/h6H,1-5H2. The molecule has 1 heterocycles. The van der Waals surface area contributed by atoms with Gasteiger partial charge in [0.25, 0.3) is 0 Å². The van der Waals surface area contributed by atoms with Crippen LogP contribution < -0.4 is 0 Å². The van der Waals surface area contributed by atoms with Crippen LogP contribution in [0.5, 0.6) is 0 Å². The molecule has 1 fully saturated rings. The van der Waals surface area contributed by atoms with Gasteiger partial charge in [0, 0.05) is 6.42 Å². The quantitative estimate of drug-likeness (QED) is 0.785. The van der Waals surface area contributed by atoms with Gasteiger partial charge in [-0.2, -0.15) is 4.98 Å². The van der Waals surface area contributed by atoms with Gasteiger partial charge < -0.3 is 4.52 Å².